The van der Waals surface area contributed by atoms with Crippen molar-refractivity contribution < 1.29 is 14.3 Å². The highest BCUT2D eigenvalue weighted by Crippen LogP contribution is 2.28. The highest BCUT2D eigenvalue weighted by Gasteiger charge is 2.21. The van der Waals surface area contributed by atoms with Crippen molar-refractivity contribution >= 4 is 17.3 Å². The zero-order valence-corrected chi connectivity index (χ0v) is 17.1. The van der Waals surface area contributed by atoms with Gasteiger partial charge in [0.15, 0.2) is 11.5 Å². The Morgan fingerprint density at radius 2 is 1.57 bits per heavy atom. The number of carbonyl (C=O) groups is 1. The summed E-state index contributed by atoms with van der Waals surface area (Å²) in [6, 6.07) is 14.2. The van der Waals surface area contributed by atoms with Crippen LogP contribution in [-0.2, 0) is 11.2 Å². The maximum atomic E-state index is 12.7. The summed E-state index contributed by atoms with van der Waals surface area (Å²) >= 11 is 0. The summed E-state index contributed by atoms with van der Waals surface area (Å²) in [6.45, 7) is 3.17. The zero-order valence-electron chi connectivity index (χ0n) is 17.1. The van der Waals surface area contributed by atoms with Crippen molar-refractivity contribution in [2.45, 2.75) is 6.42 Å². The molecule has 2 aromatic rings. The first-order valence-corrected chi connectivity index (χ1v) is 9.53. The molecule has 1 heterocycles. The molecule has 150 valence electrons. The van der Waals surface area contributed by atoms with Gasteiger partial charge in [-0.05, 0) is 42.0 Å². The Bertz CT molecular complexity index is 797. The second kappa shape index (κ2) is 8.87. The van der Waals surface area contributed by atoms with Crippen molar-refractivity contribution in [3.63, 3.8) is 0 Å². The Hall–Kier alpha value is -2.89. The average Bonchev–Trinajstić information content (AvgIpc) is 2.73. The monoisotopic (exact) mass is 383 g/mol. The molecule has 6 nitrogen and oxygen atoms in total. The fourth-order valence-corrected chi connectivity index (χ4v) is 3.45. The molecule has 0 atom stereocenters. The summed E-state index contributed by atoms with van der Waals surface area (Å²) in [4.78, 5) is 19.1. The normalized spacial score (nSPS) is 14.0. The van der Waals surface area contributed by atoms with E-state index in [1.165, 1.54) is 11.4 Å². The van der Waals surface area contributed by atoms with Crippen LogP contribution in [0.2, 0.25) is 0 Å². The minimum atomic E-state index is 0.148. The Labute approximate surface area is 167 Å². The molecule has 1 fully saturated rings. The number of anilines is 2. The van der Waals surface area contributed by atoms with Gasteiger partial charge in [-0.25, -0.2) is 0 Å². The van der Waals surface area contributed by atoms with E-state index < -0.39 is 0 Å². The van der Waals surface area contributed by atoms with Gasteiger partial charge in [0.25, 0.3) is 0 Å². The van der Waals surface area contributed by atoms with E-state index in [9.17, 15) is 4.79 Å². The van der Waals surface area contributed by atoms with Crippen molar-refractivity contribution in [3.8, 4) is 11.5 Å². The molecule has 2 aromatic carbocycles. The molecule has 0 saturated carbocycles. The minimum absolute atomic E-state index is 0.148. The van der Waals surface area contributed by atoms with E-state index in [1.807, 2.05) is 37.2 Å². The van der Waals surface area contributed by atoms with Crippen LogP contribution in [-0.4, -0.2) is 65.3 Å². The highest BCUT2D eigenvalue weighted by molar-refractivity contribution is 5.79. The quantitative estimate of drug-likeness (QED) is 0.767. The van der Waals surface area contributed by atoms with Gasteiger partial charge < -0.3 is 24.2 Å². The predicted molar refractivity (Wildman–Crippen MR) is 113 cm³/mol. The fourth-order valence-electron chi connectivity index (χ4n) is 3.45. The van der Waals surface area contributed by atoms with E-state index in [2.05, 4.69) is 34.1 Å². The lowest BCUT2D eigenvalue weighted by molar-refractivity contribution is -0.130. The molecule has 0 unspecified atom stereocenters. The number of nitrogens with zero attached hydrogens (tertiary/aromatic N) is 3. The number of piperazine rings is 1. The van der Waals surface area contributed by atoms with Gasteiger partial charge >= 0.3 is 0 Å². The Balaban J connectivity index is 1.56. The summed E-state index contributed by atoms with van der Waals surface area (Å²) in [5.74, 6) is 1.47. The lowest BCUT2D eigenvalue weighted by Crippen LogP contribution is -2.49. The maximum absolute atomic E-state index is 12.7. The van der Waals surface area contributed by atoms with Gasteiger partial charge in [0, 0.05) is 51.6 Å². The number of benzene rings is 2. The van der Waals surface area contributed by atoms with Crippen molar-refractivity contribution in [1.29, 1.82) is 0 Å². The smallest absolute Gasteiger partial charge is 0.227 e. The lowest BCUT2D eigenvalue weighted by Gasteiger charge is -2.36. The first-order valence-electron chi connectivity index (χ1n) is 9.53. The van der Waals surface area contributed by atoms with E-state index >= 15 is 0 Å². The van der Waals surface area contributed by atoms with E-state index in [1.54, 1.807) is 14.2 Å². The molecule has 28 heavy (non-hydrogen) atoms. The molecule has 1 saturated heterocycles. The number of hydrogen-bond acceptors (Lipinski definition) is 5. The van der Waals surface area contributed by atoms with Gasteiger partial charge in [-0.15, -0.1) is 0 Å². The molecule has 1 aliphatic rings. The third-order valence-electron chi connectivity index (χ3n) is 5.17. The molecule has 0 radical (unpaired) electrons. The second-order valence-corrected chi connectivity index (χ2v) is 7.14. The van der Waals surface area contributed by atoms with Crippen molar-refractivity contribution in [2.24, 2.45) is 0 Å². The van der Waals surface area contributed by atoms with Gasteiger partial charge in [0.1, 0.15) is 0 Å². The number of ether oxygens (including phenoxy) is 2. The Morgan fingerprint density at radius 3 is 2.14 bits per heavy atom. The number of hydrogen-bond donors (Lipinski definition) is 0. The van der Waals surface area contributed by atoms with E-state index in [-0.39, 0.29) is 5.91 Å². The predicted octanol–water partition coefficient (Wildman–Crippen LogP) is 2.66. The number of amides is 1. The molecule has 6 heteroatoms. The molecule has 0 spiro atoms. The summed E-state index contributed by atoms with van der Waals surface area (Å²) in [6.07, 6.45) is 0.373. The third kappa shape index (κ3) is 4.50. The van der Waals surface area contributed by atoms with Crippen LogP contribution in [0, 0.1) is 0 Å². The topological polar surface area (TPSA) is 45.2 Å². The lowest BCUT2D eigenvalue weighted by atomic mass is 10.1. The summed E-state index contributed by atoms with van der Waals surface area (Å²) in [7, 11) is 7.29. The maximum Gasteiger partial charge on any atom is 0.227 e. The molecule has 0 bridgehead atoms. The van der Waals surface area contributed by atoms with Crippen molar-refractivity contribution in [3.05, 3.63) is 48.0 Å². The van der Waals surface area contributed by atoms with Gasteiger partial charge in [-0.3, -0.25) is 4.79 Å². The fraction of sp³-hybridized carbons (Fsp3) is 0.409. The third-order valence-corrected chi connectivity index (χ3v) is 5.17. The van der Waals surface area contributed by atoms with Crippen LogP contribution in [0.3, 0.4) is 0 Å². The molecule has 0 aromatic heterocycles. The summed E-state index contributed by atoms with van der Waals surface area (Å²) in [5.41, 5.74) is 3.33. The standard InChI is InChI=1S/C22H29N3O3/c1-23(2)18-6-8-19(9-7-18)24-11-13-25(14-12-24)22(26)16-17-5-10-20(27-3)21(15-17)28-4/h5-10,15H,11-14,16H2,1-4H3. The van der Waals surface area contributed by atoms with Crippen molar-refractivity contribution in [2.75, 3.05) is 64.3 Å². The van der Waals surface area contributed by atoms with Crippen LogP contribution in [0.25, 0.3) is 0 Å². The first-order chi connectivity index (χ1) is 13.5. The zero-order chi connectivity index (χ0) is 20.1. The highest BCUT2D eigenvalue weighted by atomic mass is 16.5. The molecular weight excluding hydrogens is 354 g/mol. The SMILES string of the molecule is COc1ccc(CC(=O)N2CCN(c3ccc(N(C)C)cc3)CC2)cc1OC. The van der Waals surface area contributed by atoms with Crippen LogP contribution in [0.1, 0.15) is 5.56 Å². The molecule has 0 aliphatic carbocycles. The van der Waals surface area contributed by atoms with Gasteiger partial charge in [0.05, 0.1) is 20.6 Å². The summed E-state index contributed by atoms with van der Waals surface area (Å²) in [5, 5.41) is 0. The Kier molecular flexibility index (Phi) is 6.29. The van der Waals surface area contributed by atoms with Crippen LogP contribution in [0.5, 0.6) is 11.5 Å². The minimum Gasteiger partial charge on any atom is -0.493 e. The van der Waals surface area contributed by atoms with Crippen molar-refractivity contribution in [1.82, 2.24) is 4.90 Å². The number of methoxy groups -OCH3 is 2. The molecule has 0 N–H and O–H groups in total. The van der Waals surface area contributed by atoms with Crippen LogP contribution in [0.15, 0.2) is 42.5 Å². The largest absolute Gasteiger partial charge is 0.493 e. The van der Waals surface area contributed by atoms with E-state index in [4.69, 9.17) is 9.47 Å². The molecule has 1 amide bonds. The number of rotatable bonds is 6. The van der Waals surface area contributed by atoms with Gasteiger partial charge in [-0.2, -0.15) is 0 Å². The number of carbonyl (C=O) groups excluding carboxylic acids is 1. The van der Waals surface area contributed by atoms with Crippen LogP contribution < -0.4 is 19.3 Å². The van der Waals surface area contributed by atoms with Gasteiger partial charge in [0.2, 0.25) is 5.91 Å². The van der Waals surface area contributed by atoms with E-state index in [0.717, 1.165) is 31.7 Å². The van der Waals surface area contributed by atoms with Crippen LogP contribution >= 0.6 is 0 Å². The second-order valence-electron chi connectivity index (χ2n) is 7.14. The summed E-state index contributed by atoms with van der Waals surface area (Å²) < 4.78 is 10.6. The average molecular weight is 383 g/mol. The molecular formula is C22H29N3O3. The first kappa shape index (κ1) is 19.9. The van der Waals surface area contributed by atoms with Gasteiger partial charge in [-0.1, -0.05) is 6.07 Å². The Morgan fingerprint density at radius 1 is 0.929 bits per heavy atom. The van der Waals surface area contributed by atoms with Crippen LogP contribution in [0.4, 0.5) is 11.4 Å². The molecule has 1 aliphatic heterocycles. The molecule has 3 rings (SSSR count). The van der Waals surface area contributed by atoms with E-state index in [0.29, 0.717) is 17.9 Å².